The number of ether oxygens (including phenoxy) is 1. The van der Waals surface area contributed by atoms with Gasteiger partial charge in [-0.2, -0.15) is 0 Å². The van der Waals surface area contributed by atoms with Crippen LogP contribution >= 0.6 is 0 Å². The van der Waals surface area contributed by atoms with E-state index in [0.717, 1.165) is 0 Å². The number of methoxy groups -OCH3 is 1. The van der Waals surface area contributed by atoms with E-state index in [1.165, 1.54) is 19.6 Å². The van der Waals surface area contributed by atoms with Crippen LogP contribution < -0.4 is 4.74 Å². The number of terminal acetylenes is 1. The maximum atomic E-state index is 5.12. The van der Waals surface area contributed by atoms with Crippen molar-refractivity contribution in [1.82, 2.24) is 9.97 Å². The molecule has 3 heteroatoms. The molecule has 1 aromatic heterocycles. The van der Waals surface area contributed by atoms with Crippen LogP contribution in [0, 0.1) is 12.3 Å². The third-order valence-corrected chi connectivity index (χ3v) is 1.02. The predicted molar refractivity (Wildman–Crippen MR) is 36.5 cm³/mol. The van der Waals surface area contributed by atoms with Crippen molar-refractivity contribution in [1.29, 1.82) is 0 Å². The maximum Gasteiger partial charge on any atom is 0.232 e. The monoisotopic (exact) mass is 134 g/mol. The summed E-state index contributed by atoms with van der Waals surface area (Å²) in [5.41, 5.74) is 0.574. The summed E-state index contributed by atoms with van der Waals surface area (Å²) in [6.07, 6.45) is 8.04. The lowest BCUT2D eigenvalue weighted by molar-refractivity contribution is 0.395. The summed E-state index contributed by atoms with van der Waals surface area (Å²) in [5.74, 6) is 2.84. The van der Waals surface area contributed by atoms with Crippen molar-refractivity contribution < 1.29 is 4.74 Å². The highest BCUT2D eigenvalue weighted by Gasteiger charge is 1.97. The highest BCUT2D eigenvalue weighted by atomic mass is 16.5. The molecule has 0 fully saturated rings. The minimum absolute atomic E-state index is 0.442. The first-order chi connectivity index (χ1) is 4.88. The van der Waals surface area contributed by atoms with Crippen molar-refractivity contribution in [2.75, 3.05) is 7.11 Å². The van der Waals surface area contributed by atoms with Gasteiger partial charge in [0.15, 0.2) is 0 Å². The third kappa shape index (κ3) is 1.06. The highest BCUT2D eigenvalue weighted by Crippen LogP contribution is 2.08. The number of aromatic nitrogens is 2. The molecule has 0 amide bonds. The van der Waals surface area contributed by atoms with Crippen LogP contribution in [-0.2, 0) is 0 Å². The fraction of sp³-hybridized carbons (Fsp3) is 0.143. The quantitative estimate of drug-likeness (QED) is 0.523. The van der Waals surface area contributed by atoms with Crippen molar-refractivity contribution in [2.45, 2.75) is 0 Å². The highest BCUT2D eigenvalue weighted by molar-refractivity contribution is 5.37. The third-order valence-electron chi connectivity index (χ3n) is 1.02. The van der Waals surface area contributed by atoms with Crippen molar-refractivity contribution in [3.8, 4) is 18.2 Å². The van der Waals surface area contributed by atoms with Gasteiger partial charge in [-0.25, -0.2) is 9.97 Å². The molecule has 50 valence electrons. The Bertz CT molecular complexity index is 265. The van der Waals surface area contributed by atoms with E-state index in [1.54, 1.807) is 0 Å². The first-order valence-corrected chi connectivity index (χ1v) is 2.69. The van der Waals surface area contributed by atoms with Crippen LogP contribution in [0.5, 0.6) is 5.88 Å². The van der Waals surface area contributed by atoms with Crippen molar-refractivity contribution in [3.05, 3.63) is 18.1 Å². The van der Waals surface area contributed by atoms with E-state index in [1.807, 2.05) is 0 Å². The summed E-state index contributed by atoms with van der Waals surface area (Å²) in [7, 11) is 1.52. The molecule has 1 rings (SSSR count). The summed E-state index contributed by atoms with van der Waals surface area (Å²) in [6, 6.07) is 0. The van der Waals surface area contributed by atoms with Gasteiger partial charge in [-0.1, -0.05) is 5.92 Å². The molecule has 0 N–H and O–H groups in total. The number of rotatable bonds is 1. The lowest BCUT2D eigenvalue weighted by Gasteiger charge is -1.97. The van der Waals surface area contributed by atoms with Crippen LogP contribution in [0.2, 0.25) is 0 Å². The van der Waals surface area contributed by atoms with Gasteiger partial charge < -0.3 is 4.74 Å². The standard InChI is InChI=1S/C7H6N2O/c1-3-6-4-8-5-9-7(6)10-2/h1,4-5H,2H3. The summed E-state index contributed by atoms with van der Waals surface area (Å²) in [6.45, 7) is 0. The molecule has 3 nitrogen and oxygen atoms in total. The van der Waals surface area contributed by atoms with E-state index in [2.05, 4.69) is 15.9 Å². The zero-order valence-corrected chi connectivity index (χ0v) is 5.53. The normalized spacial score (nSPS) is 8.40. The van der Waals surface area contributed by atoms with E-state index in [9.17, 15) is 0 Å². The molecular weight excluding hydrogens is 128 g/mol. The minimum Gasteiger partial charge on any atom is -0.480 e. The van der Waals surface area contributed by atoms with Gasteiger partial charge in [0.2, 0.25) is 5.88 Å². The van der Waals surface area contributed by atoms with E-state index in [4.69, 9.17) is 11.2 Å². The van der Waals surface area contributed by atoms with Crippen molar-refractivity contribution >= 4 is 0 Å². The van der Waals surface area contributed by atoms with Gasteiger partial charge in [-0.15, -0.1) is 6.42 Å². The molecule has 0 saturated heterocycles. The summed E-state index contributed by atoms with van der Waals surface area (Å²) < 4.78 is 4.84. The molecule has 0 radical (unpaired) electrons. The largest absolute Gasteiger partial charge is 0.480 e. The molecule has 0 unspecified atom stereocenters. The first-order valence-electron chi connectivity index (χ1n) is 2.69. The lowest BCUT2D eigenvalue weighted by atomic mass is 10.3. The van der Waals surface area contributed by atoms with Gasteiger partial charge in [0, 0.05) is 6.20 Å². The van der Waals surface area contributed by atoms with Crippen molar-refractivity contribution in [3.63, 3.8) is 0 Å². The second kappa shape index (κ2) is 2.83. The Hall–Kier alpha value is -1.56. The van der Waals surface area contributed by atoms with Gasteiger partial charge in [0.1, 0.15) is 11.9 Å². The Morgan fingerprint density at radius 3 is 3.00 bits per heavy atom. The van der Waals surface area contributed by atoms with Crippen LogP contribution in [0.15, 0.2) is 12.5 Å². The molecule has 0 aliphatic heterocycles. The number of nitrogens with zero attached hydrogens (tertiary/aromatic N) is 2. The Balaban J connectivity index is 3.12. The molecule has 0 aliphatic carbocycles. The van der Waals surface area contributed by atoms with Gasteiger partial charge in [0.05, 0.1) is 7.11 Å². The lowest BCUT2D eigenvalue weighted by Crippen LogP contribution is -1.91. The van der Waals surface area contributed by atoms with Crippen LogP contribution in [0.25, 0.3) is 0 Å². The molecule has 0 atom stereocenters. The van der Waals surface area contributed by atoms with Crippen LogP contribution in [-0.4, -0.2) is 17.1 Å². The second-order valence-corrected chi connectivity index (χ2v) is 1.59. The molecule has 0 saturated carbocycles. The Kier molecular flexibility index (Phi) is 1.86. The fourth-order valence-electron chi connectivity index (χ4n) is 0.580. The molecule has 10 heavy (non-hydrogen) atoms. The van der Waals surface area contributed by atoms with Gasteiger partial charge >= 0.3 is 0 Å². The minimum atomic E-state index is 0.442. The smallest absolute Gasteiger partial charge is 0.232 e. The molecule has 0 aliphatic rings. The molecule has 1 heterocycles. The first kappa shape index (κ1) is 6.56. The van der Waals surface area contributed by atoms with Crippen LogP contribution in [0.3, 0.4) is 0 Å². The zero-order valence-electron chi connectivity index (χ0n) is 5.53. The SMILES string of the molecule is C#Cc1cncnc1OC. The van der Waals surface area contributed by atoms with Gasteiger partial charge in [-0.05, 0) is 0 Å². The average Bonchev–Trinajstić information content (AvgIpc) is 2.04. The maximum absolute atomic E-state index is 5.12. The summed E-state index contributed by atoms with van der Waals surface area (Å²) in [4.78, 5) is 7.52. The molecule has 0 aromatic carbocycles. The Morgan fingerprint density at radius 1 is 1.70 bits per heavy atom. The van der Waals surface area contributed by atoms with Crippen LogP contribution in [0.4, 0.5) is 0 Å². The number of hydrogen-bond donors (Lipinski definition) is 0. The fourth-order valence-corrected chi connectivity index (χ4v) is 0.580. The molecular formula is C7H6N2O. The Labute approximate surface area is 59.1 Å². The molecule has 1 aromatic rings. The number of hydrogen-bond acceptors (Lipinski definition) is 3. The van der Waals surface area contributed by atoms with E-state index < -0.39 is 0 Å². The Morgan fingerprint density at radius 2 is 2.50 bits per heavy atom. The zero-order chi connectivity index (χ0) is 7.40. The molecule has 0 bridgehead atoms. The van der Waals surface area contributed by atoms with E-state index >= 15 is 0 Å². The second-order valence-electron chi connectivity index (χ2n) is 1.59. The van der Waals surface area contributed by atoms with E-state index in [-0.39, 0.29) is 0 Å². The predicted octanol–water partition coefficient (Wildman–Crippen LogP) is 0.466. The van der Waals surface area contributed by atoms with Gasteiger partial charge in [-0.3, -0.25) is 0 Å². The summed E-state index contributed by atoms with van der Waals surface area (Å²) >= 11 is 0. The van der Waals surface area contributed by atoms with Gasteiger partial charge in [0.25, 0.3) is 0 Å². The topological polar surface area (TPSA) is 35.0 Å². The summed E-state index contributed by atoms with van der Waals surface area (Å²) in [5, 5.41) is 0. The average molecular weight is 134 g/mol. The molecule has 0 spiro atoms. The van der Waals surface area contributed by atoms with Crippen molar-refractivity contribution in [2.24, 2.45) is 0 Å². The van der Waals surface area contributed by atoms with E-state index in [0.29, 0.717) is 11.4 Å². The van der Waals surface area contributed by atoms with Crippen LogP contribution in [0.1, 0.15) is 5.56 Å².